The average molecular weight is 209 g/mol. The summed E-state index contributed by atoms with van der Waals surface area (Å²) in [7, 11) is 0. The van der Waals surface area contributed by atoms with Crippen LogP contribution < -0.4 is 0 Å². The average Bonchev–Trinajstić information content (AvgIpc) is 1.63. The minimum Gasteiger partial charge on any atom is -0.105 e. The molecule has 0 aromatic heterocycles. The minimum atomic E-state index is -0.867. The molecular weight excluding hydrogens is 202 g/mol. The third-order valence-corrected chi connectivity index (χ3v) is 1.81. The lowest BCUT2D eigenvalue weighted by molar-refractivity contribution is 0.737. The van der Waals surface area contributed by atoms with E-state index in [0.717, 1.165) is 0 Å². The van der Waals surface area contributed by atoms with Gasteiger partial charge in [0.05, 0.1) is 0 Å². The highest BCUT2D eigenvalue weighted by molar-refractivity contribution is 6.50. The van der Waals surface area contributed by atoms with E-state index < -0.39 is 9.17 Å². The van der Waals surface area contributed by atoms with Gasteiger partial charge >= 0.3 is 0 Å². The quantitative estimate of drug-likeness (QED) is 0.623. The number of alkyl halides is 4. The van der Waals surface area contributed by atoms with Crippen molar-refractivity contribution in [3.63, 3.8) is 0 Å². The number of hydrogen-bond acceptors (Lipinski definition) is 0. The Balaban J connectivity index is 3.58. The van der Waals surface area contributed by atoms with Gasteiger partial charge in [-0.15, -0.1) is 46.4 Å². The zero-order chi connectivity index (χ0) is 7.49. The molecule has 0 aliphatic heterocycles. The molecular formula is C5H7Cl4. The fourth-order valence-electron chi connectivity index (χ4n) is 0.328. The van der Waals surface area contributed by atoms with Gasteiger partial charge in [0.25, 0.3) is 0 Å². The highest BCUT2D eigenvalue weighted by Crippen LogP contribution is 2.32. The summed E-state index contributed by atoms with van der Waals surface area (Å²) in [6.45, 7) is 3.53. The second-order valence-corrected chi connectivity index (χ2v) is 4.62. The lowest BCUT2D eigenvalue weighted by Gasteiger charge is -2.16. The Labute approximate surface area is 75.4 Å². The van der Waals surface area contributed by atoms with Crippen LogP contribution in [0.1, 0.15) is 12.8 Å². The Hall–Kier alpha value is 1.16. The molecule has 0 atom stereocenters. The molecule has 0 saturated carbocycles. The Morgan fingerprint density at radius 2 is 1.78 bits per heavy atom. The van der Waals surface area contributed by atoms with Gasteiger partial charge in [0.15, 0.2) is 0 Å². The molecule has 0 aromatic carbocycles. The molecule has 0 heterocycles. The molecule has 4 heteroatoms. The van der Waals surface area contributed by atoms with Crippen molar-refractivity contribution in [1.29, 1.82) is 0 Å². The zero-order valence-electron chi connectivity index (χ0n) is 4.71. The van der Waals surface area contributed by atoms with E-state index in [-0.39, 0.29) is 0 Å². The predicted octanol–water partition coefficient (Wildman–Crippen LogP) is 3.58. The molecule has 0 aliphatic rings. The maximum Gasteiger partial charge on any atom is 0.120 e. The van der Waals surface area contributed by atoms with E-state index in [0.29, 0.717) is 12.8 Å². The first-order chi connectivity index (χ1) is 3.98. The van der Waals surface area contributed by atoms with Gasteiger partial charge in [-0.1, -0.05) is 6.92 Å². The van der Waals surface area contributed by atoms with E-state index in [1.54, 1.807) is 0 Å². The molecule has 9 heavy (non-hydrogen) atoms. The van der Waals surface area contributed by atoms with E-state index in [2.05, 4.69) is 6.92 Å². The summed E-state index contributed by atoms with van der Waals surface area (Å²) in [5.74, 6) is 0. The molecule has 0 aliphatic carbocycles. The summed E-state index contributed by atoms with van der Waals surface area (Å²) in [5, 5.41) is 0. The molecule has 0 amide bonds. The van der Waals surface area contributed by atoms with Crippen molar-refractivity contribution in [2.75, 3.05) is 0 Å². The molecule has 0 fully saturated rings. The summed E-state index contributed by atoms with van der Waals surface area (Å²) >= 11 is 22.1. The van der Waals surface area contributed by atoms with Crippen LogP contribution in [0.2, 0.25) is 0 Å². The molecule has 1 radical (unpaired) electrons. The van der Waals surface area contributed by atoms with E-state index in [9.17, 15) is 0 Å². The smallest absolute Gasteiger partial charge is 0.105 e. The van der Waals surface area contributed by atoms with E-state index in [4.69, 9.17) is 46.4 Å². The van der Waals surface area contributed by atoms with Gasteiger partial charge in [-0.3, -0.25) is 0 Å². The SMILES string of the molecule is [CH2]CC(Cl)(Cl)CC(Cl)Cl. The number of rotatable bonds is 3. The molecule has 0 bridgehead atoms. The van der Waals surface area contributed by atoms with Crippen LogP contribution in [-0.4, -0.2) is 9.17 Å². The standard InChI is InChI=1S/C5H7Cl4/c1-2-5(8,9)3-4(6)7/h4H,1-3H2. The lowest BCUT2D eigenvalue weighted by Crippen LogP contribution is -2.14. The summed E-state index contributed by atoms with van der Waals surface area (Å²) in [4.78, 5) is -0.512. The van der Waals surface area contributed by atoms with Crippen LogP contribution in [0.4, 0.5) is 0 Å². The highest BCUT2D eigenvalue weighted by Gasteiger charge is 2.23. The number of hydrogen-bond donors (Lipinski definition) is 0. The van der Waals surface area contributed by atoms with Gasteiger partial charge in [0.2, 0.25) is 0 Å². The van der Waals surface area contributed by atoms with E-state index in [1.165, 1.54) is 0 Å². The largest absolute Gasteiger partial charge is 0.120 e. The predicted molar refractivity (Wildman–Crippen MR) is 44.5 cm³/mol. The third kappa shape index (κ3) is 5.60. The molecule has 0 N–H and O–H groups in total. The van der Waals surface area contributed by atoms with Gasteiger partial charge in [0.1, 0.15) is 9.17 Å². The maximum absolute atomic E-state index is 5.65. The van der Waals surface area contributed by atoms with Crippen molar-refractivity contribution in [3.05, 3.63) is 6.92 Å². The van der Waals surface area contributed by atoms with Crippen LogP contribution >= 0.6 is 46.4 Å². The minimum absolute atomic E-state index is 0.350. The highest BCUT2D eigenvalue weighted by atomic mass is 35.5. The van der Waals surface area contributed by atoms with Crippen LogP contribution in [0.3, 0.4) is 0 Å². The lowest BCUT2D eigenvalue weighted by atomic mass is 10.2. The van der Waals surface area contributed by atoms with Gasteiger partial charge in [-0.2, -0.15) is 0 Å². The Bertz CT molecular complexity index is 79.0. The molecule has 0 unspecified atom stereocenters. The first-order valence-electron chi connectivity index (χ1n) is 2.43. The maximum atomic E-state index is 5.65. The van der Waals surface area contributed by atoms with Gasteiger partial charge < -0.3 is 0 Å². The first-order valence-corrected chi connectivity index (χ1v) is 4.06. The molecule has 0 nitrogen and oxygen atoms in total. The van der Waals surface area contributed by atoms with Crippen molar-refractivity contribution in [2.24, 2.45) is 0 Å². The second kappa shape index (κ2) is 4.12. The van der Waals surface area contributed by atoms with Crippen LogP contribution in [0.25, 0.3) is 0 Å². The van der Waals surface area contributed by atoms with Crippen LogP contribution in [0.15, 0.2) is 0 Å². The van der Waals surface area contributed by atoms with Crippen molar-refractivity contribution < 1.29 is 0 Å². The molecule has 0 saturated heterocycles. The van der Waals surface area contributed by atoms with Crippen molar-refractivity contribution in [1.82, 2.24) is 0 Å². The van der Waals surface area contributed by atoms with Crippen LogP contribution in [-0.2, 0) is 0 Å². The molecule has 0 spiro atoms. The van der Waals surface area contributed by atoms with Crippen molar-refractivity contribution in [3.8, 4) is 0 Å². The third-order valence-electron chi connectivity index (χ3n) is 0.819. The van der Waals surface area contributed by atoms with E-state index in [1.807, 2.05) is 0 Å². The fourth-order valence-corrected chi connectivity index (χ4v) is 1.48. The Morgan fingerprint density at radius 1 is 1.33 bits per heavy atom. The number of halogens is 4. The first kappa shape index (κ1) is 10.2. The summed E-state index contributed by atoms with van der Waals surface area (Å²) in [5.41, 5.74) is 0. The Morgan fingerprint density at radius 3 is 1.89 bits per heavy atom. The van der Waals surface area contributed by atoms with Crippen molar-refractivity contribution in [2.45, 2.75) is 22.0 Å². The summed E-state index contributed by atoms with van der Waals surface area (Å²) in [6, 6.07) is 0. The zero-order valence-corrected chi connectivity index (χ0v) is 7.73. The van der Waals surface area contributed by atoms with E-state index >= 15 is 0 Å². The van der Waals surface area contributed by atoms with Crippen LogP contribution in [0.5, 0.6) is 0 Å². The van der Waals surface area contributed by atoms with Gasteiger partial charge in [-0.25, -0.2) is 0 Å². The van der Waals surface area contributed by atoms with Crippen molar-refractivity contribution >= 4 is 46.4 Å². The normalized spacial score (nSPS) is 12.7. The molecule has 0 rings (SSSR count). The van der Waals surface area contributed by atoms with Gasteiger partial charge in [-0.05, 0) is 6.42 Å². The summed E-state index contributed by atoms with van der Waals surface area (Å²) in [6.07, 6.45) is 0.759. The fraction of sp³-hybridized carbons (Fsp3) is 0.800. The Kier molecular flexibility index (Phi) is 4.66. The topological polar surface area (TPSA) is 0 Å². The molecule has 0 aromatic rings. The monoisotopic (exact) mass is 207 g/mol. The molecule has 55 valence electrons. The second-order valence-electron chi connectivity index (χ2n) is 1.70. The van der Waals surface area contributed by atoms with Crippen LogP contribution in [0, 0.1) is 6.92 Å². The van der Waals surface area contributed by atoms with Gasteiger partial charge in [0, 0.05) is 6.42 Å². The summed E-state index contributed by atoms with van der Waals surface area (Å²) < 4.78 is -0.867.